The number of benzene rings is 1. The molecule has 2 rings (SSSR count). The molecule has 5 nitrogen and oxygen atoms in total. The minimum atomic E-state index is -4.44. The van der Waals surface area contributed by atoms with Crippen LogP contribution in [-0.2, 0) is 21.6 Å². The molecule has 0 unspecified atom stereocenters. The highest BCUT2D eigenvalue weighted by atomic mass is 32.3. The van der Waals surface area contributed by atoms with E-state index in [0.29, 0.717) is 25.9 Å². The molecule has 116 valence electrons. The van der Waals surface area contributed by atoms with Crippen molar-refractivity contribution in [3.05, 3.63) is 35.9 Å². The number of carbonyl (C=O) groups is 1. The van der Waals surface area contributed by atoms with Crippen molar-refractivity contribution >= 4 is 16.3 Å². The van der Waals surface area contributed by atoms with E-state index in [2.05, 4.69) is 0 Å². The molecule has 0 spiro atoms. The Bertz CT molecular complexity index is 568. The van der Waals surface area contributed by atoms with E-state index in [4.69, 9.17) is 4.74 Å². The van der Waals surface area contributed by atoms with Gasteiger partial charge in [-0.25, -0.2) is 4.79 Å². The number of halogens is 1. The van der Waals surface area contributed by atoms with Crippen molar-refractivity contribution in [2.75, 3.05) is 18.8 Å². The van der Waals surface area contributed by atoms with Crippen LogP contribution in [0, 0.1) is 5.92 Å². The average molecular weight is 315 g/mol. The maximum atomic E-state index is 12.6. The Morgan fingerprint density at radius 2 is 1.86 bits per heavy atom. The largest absolute Gasteiger partial charge is 0.445 e. The molecule has 0 atom stereocenters. The van der Waals surface area contributed by atoms with Crippen molar-refractivity contribution < 1.29 is 21.8 Å². The first kappa shape index (κ1) is 15.8. The summed E-state index contributed by atoms with van der Waals surface area (Å²) in [6.07, 6.45) is 0.535. The van der Waals surface area contributed by atoms with Crippen LogP contribution in [0.5, 0.6) is 0 Å². The summed E-state index contributed by atoms with van der Waals surface area (Å²) in [7, 11) is -4.44. The summed E-state index contributed by atoms with van der Waals surface area (Å²) in [6.45, 7) is 1.00. The minimum Gasteiger partial charge on any atom is -0.445 e. The van der Waals surface area contributed by atoms with Crippen LogP contribution in [0.2, 0.25) is 0 Å². The third kappa shape index (κ3) is 5.34. The van der Waals surface area contributed by atoms with Crippen LogP contribution >= 0.6 is 0 Å². The third-order valence-corrected chi connectivity index (χ3v) is 4.38. The number of ether oxygens (including phenoxy) is 1. The number of piperidine rings is 1. The van der Waals surface area contributed by atoms with E-state index < -0.39 is 22.1 Å². The number of likely N-dealkylation sites (tertiary alicyclic amines) is 1. The number of hydrogen-bond acceptors (Lipinski definition) is 4. The molecule has 1 aromatic rings. The Labute approximate surface area is 123 Å². The lowest BCUT2D eigenvalue weighted by atomic mass is 9.99. The van der Waals surface area contributed by atoms with Gasteiger partial charge >= 0.3 is 16.3 Å². The Hall–Kier alpha value is -1.63. The molecule has 1 saturated heterocycles. The van der Waals surface area contributed by atoms with Crippen molar-refractivity contribution in [3.63, 3.8) is 0 Å². The van der Waals surface area contributed by atoms with Crippen molar-refractivity contribution in [1.82, 2.24) is 4.90 Å². The first-order valence-corrected chi connectivity index (χ1v) is 8.37. The fourth-order valence-electron chi connectivity index (χ4n) is 2.37. The Balaban J connectivity index is 1.75. The Kier molecular flexibility index (Phi) is 5.17. The van der Waals surface area contributed by atoms with Gasteiger partial charge in [-0.05, 0) is 24.3 Å². The number of rotatable bonds is 4. The van der Waals surface area contributed by atoms with Crippen molar-refractivity contribution in [2.45, 2.75) is 19.4 Å². The molecule has 1 aliphatic heterocycles. The molecule has 1 aliphatic rings. The molecule has 7 heteroatoms. The molecule has 1 aromatic carbocycles. The fourth-order valence-corrected chi connectivity index (χ4v) is 3.27. The van der Waals surface area contributed by atoms with E-state index in [-0.39, 0.29) is 12.5 Å². The summed E-state index contributed by atoms with van der Waals surface area (Å²) in [4.78, 5) is 13.4. The molecular formula is C14H18FNO4S. The third-order valence-electron chi connectivity index (χ3n) is 3.51. The number of hydrogen-bond donors (Lipinski definition) is 0. The van der Waals surface area contributed by atoms with Crippen LogP contribution in [0.3, 0.4) is 0 Å². The van der Waals surface area contributed by atoms with Crippen molar-refractivity contribution in [3.8, 4) is 0 Å². The van der Waals surface area contributed by atoms with Crippen LogP contribution in [0.15, 0.2) is 30.3 Å². The van der Waals surface area contributed by atoms with Gasteiger partial charge in [0.25, 0.3) is 0 Å². The maximum Gasteiger partial charge on any atom is 0.410 e. The SMILES string of the molecule is O=C(OCc1ccccc1)N1CCC(CS(=O)(=O)F)CC1. The van der Waals surface area contributed by atoms with Gasteiger partial charge in [0.05, 0.1) is 5.75 Å². The van der Waals surface area contributed by atoms with Gasteiger partial charge < -0.3 is 9.64 Å². The van der Waals surface area contributed by atoms with Crippen LogP contribution in [0.25, 0.3) is 0 Å². The lowest BCUT2D eigenvalue weighted by Gasteiger charge is -2.30. The van der Waals surface area contributed by atoms with Crippen molar-refractivity contribution in [1.29, 1.82) is 0 Å². The minimum absolute atomic E-state index is 0.207. The Morgan fingerprint density at radius 3 is 2.43 bits per heavy atom. The first-order chi connectivity index (χ1) is 9.94. The predicted octanol–water partition coefficient (Wildman–Crippen LogP) is 2.33. The van der Waals surface area contributed by atoms with Gasteiger partial charge in [-0.2, -0.15) is 8.42 Å². The number of nitrogens with zero attached hydrogens (tertiary/aromatic N) is 1. The lowest BCUT2D eigenvalue weighted by molar-refractivity contribution is 0.0839. The Morgan fingerprint density at radius 1 is 1.24 bits per heavy atom. The quantitative estimate of drug-likeness (QED) is 0.800. The van der Waals surface area contributed by atoms with E-state index in [9.17, 15) is 17.1 Å². The fraction of sp³-hybridized carbons (Fsp3) is 0.500. The summed E-state index contributed by atoms with van der Waals surface area (Å²) in [5, 5.41) is 0. The number of amides is 1. The molecule has 0 radical (unpaired) electrons. The van der Waals surface area contributed by atoms with Gasteiger partial charge in [0.1, 0.15) is 6.61 Å². The second-order valence-electron chi connectivity index (χ2n) is 5.18. The summed E-state index contributed by atoms with van der Waals surface area (Å²) < 4.78 is 39.0. The van der Waals surface area contributed by atoms with E-state index in [1.165, 1.54) is 4.90 Å². The van der Waals surface area contributed by atoms with Gasteiger partial charge in [0.2, 0.25) is 0 Å². The highest BCUT2D eigenvalue weighted by Crippen LogP contribution is 2.20. The molecule has 1 heterocycles. The summed E-state index contributed by atoms with van der Waals surface area (Å²) >= 11 is 0. The van der Waals surface area contributed by atoms with Crippen LogP contribution in [0.1, 0.15) is 18.4 Å². The zero-order valence-corrected chi connectivity index (χ0v) is 12.4. The molecule has 0 saturated carbocycles. The highest BCUT2D eigenvalue weighted by molar-refractivity contribution is 7.86. The molecule has 0 bridgehead atoms. The van der Waals surface area contributed by atoms with E-state index in [0.717, 1.165) is 5.56 Å². The smallest absolute Gasteiger partial charge is 0.410 e. The van der Waals surface area contributed by atoms with E-state index in [1.54, 1.807) is 0 Å². The molecule has 21 heavy (non-hydrogen) atoms. The van der Waals surface area contributed by atoms with Gasteiger partial charge in [-0.15, -0.1) is 3.89 Å². The van der Waals surface area contributed by atoms with Gasteiger partial charge in [-0.1, -0.05) is 30.3 Å². The topological polar surface area (TPSA) is 63.7 Å². The lowest BCUT2D eigenvalue weighted by Crippen LogP contribution is -2.39. The summed E-state index contributed by atoms with van der Waals surface area (Å²) in [6, 6.07) is 9.35. The van der Waals surface area contributed by atoms with Crippen LogP contribution in [0.4, 0.5) is 8.68 Å². The predicted molar refractivity (Wildman–Crippen MR) is 75.8 cm³/mol. The zero-order chi connectivity index (χ0) is 15.3. The van der Waals surface area contributed by atoms with Gasteiger partial charge in [0, 0.05) is 13.1 Å². The molecular weight excluding hydrogens is 297 g/mol. The van der Waals surface area contributed by atoms with E-state index >= 15 is 0 Å². The van der Waals surface area contributed by atoms with Crippen LogP contribution in [-0.4, -0.2) is 38.3 Å². The normalized spacial score (nSPS) is 16.7. The second-order valence-corrected chi connectivity index (χ2v) is 6.59. The van der Waals surface area contributed by atoms with Gasteiger partial charge in [-0.3, -0.25) is 0 Å². The second kappa shape index (κ2) is 6.89. The zero-order valence-electron chi connectivity index (χ0n) is 11.6. The summed E-state index contributed by atoms with van der Waals surface area (Å²) in [5.41, 5.74) is 0.907. The van der Waals surface area contributed by atoms with Crippen LogP contribution < -0.4 is 0 Å². The number of carbonyl (C=O) groups excluding carboxylic acids is 1. The van der Waals surface area contributed by atoms with Gasteiger partial charge in [0.15, 0.2) is 0 Å². The standard InChI is InChI=1S/C14H18FNO4S/c15-21(18,19)11-13-6-8-16(9-7-13)14(17)20-10-12-4-2-1-3-5-12/h1-5,13H,6-11H2. The first-order valence-electron chi connectivity index (χ1n) is 6.82. The molecule has 0 aliphatic carbocycles. The van der Waals surface area contributed by atoms with Crippen molar-refractivity contribution in [2.24, 2.45) is 5.92 Å². The monoisotopic (exact) mass is 315 g/mol. The van der Waals surface area contributed by atoms with E-state index in [1.807, 2.05) is 30.3 Å². The average Bonchev–Trinajstić information content (AvgIpc) is 2.45. The molecule has 0 N–H and O–H groups in total. The molecule has 1 fully saturated rings. The maximum absolute atomic E-state index is 12.6. The molecule has 0 aromatic heterocycles. The highest BCUT2D eigenvalue weighted by Gasteiger charge is 2.27. The molecule has 1 amide bonds. The summed E-state index contributed by atoms with van der Waals surface area (Å²) in [5.74, 6) is -0.682.